The Labute approximate surface area is 245 Å². The molecule has 0 atom stereocenters. The fraction of sp³-hybridized carbons (Fsp3) is 0.0645. The molecule has 7 nitrogen and oxygen atoms in total. The average Bonchev–Trinajstić information content (AvgIpc) is 3.00. The van der Waals surface area contributed by atoms with Crippen molar-refractivity contribution in [2.45, 2.75) is 12.4 Å². The fourth-order valence-corrected chi connectivity index (χ4v) is 4.37. The van der Waals surface area contributed by atoms with E-state index in [1.807, 2.05) is 18.2 Å². The second-order valence-electron chi connectivity index (χ2n) is 9.58. The van der Waals surface area contributed by atoms with E-state index in [0.29, 0.717) is 51.2 Å². The van der Waals surface area contributed by atoms with Gasteiger partial charge in [0.1, 0.15) is 30.1 Å². The predicted molar refractivity (Wildman–Crippen MR) is 153 cm³/mol. The van der Waals surface area contributed by atoms with Crippen LogP contribution in [0.5, 0.6) is 0 Å². The number of hydrogen-bond donors (Lipinski definition) is 2. The van der Waals surface area contributed by atoms with E-state index < -0.39 is 23.5 Å². The summed E-state index contributed by atoms with van der Waals surface area (Å²) < 4.78 is 77.5. The predicted octanol–water partition coefficient (Wildman–Crippen LogP) is 8.67. The molecule has 0 bridgehead atoms. The molecule has 0 saturated carbocycles. The number of aromatic nitrogens is 5. The van der Waals surface area contributed by atoms with Gasteiger partial charge in [-0.25, -0.2) is 24.9 Å². The van der Waals surface area contributed by atoms with Crippen LogP contribution in [0, 0.1) is 0 Å². The van der Waals surface area contributed by atoms with Gasteiger partial charge in [0.25, 0.3) is 0 Å². The molecule has 6 aromatic rings. The molecular weight excluding hydrogens is 584 g/mol. The first-order valence-electron chi connectivity index (χ1n) is 13.0. The first kappa shape index (κ1) is 28.5. The maximum atomic E-state index is 12.9. The van der Waals surface area contributed by atoms with Gasteiger partial charge in [-0.3, -0.25) is 0 Å². The zero-order valence-corrected chi connectivity index (χ0v) is 22.3. The maximum Gasteiger partial charge on any atom is 0.416 e. The van der Waals surface area contributed by atoms with Gasteiger partial charge in [0, 0.05) is 34.3 Å². The summed E-state index contributed by atoms with van der Waals surface area (Å²) in [5.74, 6) is 1.30. The standard InChI is InChI=1S/C31H19F6N7/c32-30(33,34)21-7-1-18(2-8-21)24-14-28(40-16-38-24)42-23-11-5-20-6-12-27(43-26(20)13-23)44-29-15-25(39-17-41-29)19-3-9-22(10-4-19)31(35,36)37/h1-17H,(H,38,40,42)(H,39,41,43,44). The normalized spacial score (nSPS) is 11.9. The van der Waals surface area contributed by atoms with Crippen molar-refractivity contribution in [2.24, 2.45) is 0 Å². The van der Waals surface area contributed by atoms with Gasteiger partial charge in [0.15, 0.2) is 0 Å². The quantitative estimate of drug-likeness (QED) is 0.184. The van der Waals surface area contributed by atoms with Crippen molar-refractivity contribution in [2.75, 3.05) is 10.6 Å². The number of anilines is 4. The van der Waals surface area contributed by atoms with Crippen LogP contribution in [0.25, 0.3) is 33.4 Å². The van der Waals surface area contributed by atoms with E-state index in [9.17, 15) is 26.3 Å². The number of benzene rings is 3. The zero-order valence-electron chi connectivity index (χ0n) is 22.3. The minimum Gasteiger partial charge on any atom is -0.340 e. The number of hydrogen-bond acceptors (Lipinski definition) is 7. The molecule has 44 heavy (non-hydrogen) atoms. The summed E-state index contributed by atoms with van der Waals surface area (Å²) in [7, 11) is 0. The molecule has 0 amide bonds. The monoisotopic (exact) mass is 603 g/mol. The third-order valence-corrected chi connectivity index (χ3v) is 6.57. The summed E-state index contributed by atoms with van der Waals surface area (Å²) in [6.45, 7) is 0. The van der Waals surface area contributed by atoms with Crippen molar-refractivity contribution >= 4 is 34.0 Å². The van der Waals surface area contributed by atoms with Crippen molar-refractivity contribution in [3.63, 3.8) is 0 Å². The van der Waals surface area contributed by atoms with Gasteiger partial charge in [-0.15, -0.1) is 0 Å². The number of rotatable bonds is 6. The van der Waals surface area contributed by atoms with Crippen molar-refractivity contribution in [1.82, 2.24) is 24.9 Å². The molecule has 3 aromatic heterocycles. The molecule has 6 rings (SSSR count). The largest absolute Gasteiger partial charge is 0.416 e. The van der Waals surface area contributed by atoms with E-state index in [2.05, 4.69) is 35.6 Å². The summed E-state index contributed by atoms with van der Waals surface area (Å²) in [6.07, 6.45) is -6.23. The van der Waals surface area contributed by atoms with Gasteiger partial charge >= 0.3 is 12.4 Å². The Morgan fingerprint density at radius 2 is 0.977 bits per heavy atom. The van der Waals surface area contributed by atoms with E-state index in [1.165, 1.54) is 36.9 Å². The third-order valence-electron chi connectivity index (χ3n) is 6.57. The lowest BCUT2D eigenvalue weighted by Gasteiger charge is -2.11. The van der Waals surface area contributed by atoms with E-state index >= 15 is 0 Å². The number of nitrogens with one attached hydrogen (secondary N) is 2. The number of nitrogens with zero attached hydrogens (tertiary/aromatic N) is 5. The second kappa shape index (κ2) is 11.2. The Bertz CT molecular complexity index is 1800. The van der Waals surface area contributed by atoms with Crippen molar-refractivity contribution in [3.8, 4) is 22.5 Å². The zero-order chi connectivity index (χ0) is 30.9. The first-order valence-corrected chi connectivity index (χ1v) is 13.0. The Kier molecular flexibility index (Phi) is 7.29. The molecule has 0 spiro atoms. The highest BCUT2D eigenvalue weighted by molar-refractivity contribution is 5.85. The minimum absolute atomic E-state index is 0.396. The number of pyridine rings is 1. The highest BCUT2D eigenvalue weighted by atomic mass is 19.4. The minimum atomic E-state index is -4.43. The Balaban J connectivity index is 1.19. The summed E-state index contributed by atoms with van der Waals surface area (Å²) in [6, 6.07) is 21.8. The molecule has 0 radical (unpaired) electrons. The highest BCUT2D eigenvalue weighted by Gasteiger charge is 2.30. The number of halogens is 6. The smallest absolute Gasteiger partial charge is 0.340 e. The van der Waals surface area contributed by atoms with Gasteiger partial charge in [0.2, 0.25) is 0 Å². The molecule has 0 aliphatic rings. The van der Waals surface area contributed by atoms with Crippen LogP contribution in [-0.2, 0) is 12.4 Å². The maximum absolute atomic E-state index is 12.9. The van der Waals surface area contributed by atoms with E-state index in [4.69, 9.17) is 0 Å². The van der Waals surface area contributed by atoms with Crippen LogP contribution >= 0.6 is 0 Å². The Morgan fingerprint density at radius 1 is 0.477 bits per heavy atom. The number of alkyl halides is 6. The molecule has 0 aliphatic carbocycles. The second-order valence-corrected chi connectivity index (χ2v) is 9.58. The lowest BCUT2D eigenvalue weighted by Crippen LogP contribution is -2.04. The van der Waals surface area contributed by atoms with Crippen LogP contribution in [0.1, 0.15) is 11.1 Å². The summed E-state index contributed by atoms with van der Waals surface area (Å²) in [5.41, 5.74) is 1.68. The van der Waals surface area contributed by atoms with Gasteiger partial charge in [-0.05, 0) is 48.5 Å². The number of fused-ring (bicyclic) bond motifs is 1. The van der Waals surface area contributed by atoms with Crippen LogP contribution in [0.3, 0.4) is 0 Å². The third kappa shape index (κ3) is 6.41. The molecule has 0 unspecified atom stereocenters. The molecule has 3 aromatic carbocycles. The van der Waals surface area contributed by atoms with Gasteiger partial charge in [0.05, 0.1) is 28.0 Å². The summed E-state index contributed by atoms with van der Waals surface area (Å²) in [4.78, 5) is 21.4. The van der Waals surface area contributed by atoms with E-state index in [0.717, 1.165) is 29.7 Å². The SMILES string of the molecule is FC(F)(F)c1ccc(-c2cc(Nc3ccc4ccc(Nc5cc(-c6ccc(C(F)(F)F)cc6)ncn5)nc4c3)ncn2)cc1. The molecule has 0 saturated heterocycles. The molecular formula is C31H19F6N7. The molecule has 0 aliphatic heterocycles. The molecule has 13 heteroatoms. The van der Waals surface area contributed by atoms with Crippen LogP contribution in [0.2, 0.25) is 0 Å². The van der Waals surface area contributed by atoms with Crippen molar-refractivity contribution < 1.29 is 26.3 Å². The van der Waals surface area contributed by atoms with E-state index in [1.54, 1.807) is 24.3 Å². The van der Waals surface area contributed by atoms with Gasteiger partial charge in [-0.2, -0.15) is 26.3 Å². The van der Waals surface area contributed by atoms with Gasteiger partial charge < -0.3 is 10.6 Å². The molecule has 3 heterocycles. The molecule has 2 N–H and O–H groups in total. The van der Waals surface area contributed by atoms with E-state index in [-0.39, 0.29) is 0 Å². The lowest BCUT2D eigenvalue weighted by atomic mass is 10.1. The average molecular weight is 604 g/mol. The topological polar surface area (TPSA) is 88.5 Å². The first-order chi connectivity index (χ1) is 21.0. The Hall–Kier alpha value is -5.59. The van der Waals surface area contributed by atoms with Gasteiger partial charge in [-0.1, -0.05) is 30.3 Å². The lowest BCUT2D eigenvalue weighted by molar-refractivity contribution is -0.138. The summed E-state index contributed by atoms with van der Waals surface area (Å²) in [5, 5.41) is 7.11. The molecule has 0 fully saturated rings. The summed E-state index contributed by atoms with van der Waals surface area (Å²) >= 11 is 0. The fourth-order valence-electron chi connectivity index (χ4n) is 4.37. The van der Waals surface area contributed by atoms with Crippen LogP contribution in [0.15, 0.2) is 104 Å². The highest BCUT2D eigenvalue weighted by Crippen LogP contribution is 2.32. The Morgan fingerprint density at radius 3 is 1.50 bits per heavy atom. The molecule has 220 valence electrons. The van der Waals surface area contributed by atoms with Crippen LogP contribution in [-0.4, -0.2) is 24.9 Å². The van der Waals surface area contributed by atoms with Crippen molar-refractivity contribution in [3.05, 3.63) is 115 Å². The van der Waals surface area contributed by atoms with Crippen LogP contribution in [0.4, 0.5) is 49.5 Å². The van der Waals surface area contributed by atoms with Crippen LogP contribution < -0.4 is 10.6 Å². The van der Waals surface area contributed by atoms with Crippen molar-refractivity contribution in [1.29, 1.82) is 0 Å².